The number of pyridine rings is 1. The second-order valence-electron chi connectivity index (χ2n) is 9.57. The number of fused-ring (bicyclic) bond motifs is 2. The maximum atomic E-state index is 16.0. The molecule has 2 aliphatic rings. The maximum Gasteiger partial charge on any atom is 0.343 e. The lowest BCUT2D eigenvalue weighted by molar-refractivity contribution is 0.0373. The number of thiophene rings is 1. The van der Waals surface area contributed by atoms with Gasteiger partial charge in [0.1, 0.15) is 11.4 Å². The van der Waals surface area contributed by atoms with Crippen LogP contribution in [0.2, 0.25) is 0 Å². The minimum Gasteiger partial charge on any atom is -0.462 e. The molecule has 1 atom stereocenters. The van der Waals surface area contributed by atoms with Crippen LogP contribution in [-0.4, -0.2) is 22.2 Å². The van der Waals surface area contributed by atoms with Crippen LogP contribution < -0.4 is 5.43 Å². The van der Waals surface area contributed by atoms with E-state index in [-0.39, 0.29) is 40.1 Å². The molecule has 8 heteroatoms. The minimum absolute atomic E-state index is 0.000742. The number of aliphatic hydroxyl groups excluding tert-OH is 1. The smallest absolute Gasteiger partial charge is 0.343 e. The van der Waals surface area contributed by atoms with E-state index in [0.717, 1.165) is 42.2 Å². The molecule has 2 heterocycles. The largest absolute Gasteiger partial charge is 0.462 e. The van der Waals surface area contributed by atoms with E-state index in [0.29, 0.717) is 4.88 Å². The van der Waals surface area contributed by atoms with Crippen molar-refractivity contribution in [2.75, 3.05) is 6.61 Å². The first-order chi connectivity index (χ1) is 15.6. The Morgan fingerprint density at radius 3 is 2.70 bits per heavy atom. The first kappa shape index (κ1) is 22.2. The predicted molar refractivity (Wildman–Crippen MR) is 123 cm³/mol. The third kappa shape index (κ3) is 3.51. The number of aliphatic hydroxyl groups is 1. The molecule has 0 bridgehead atoms. The van der Waals surface area contributed by atoms with Crippen molar-refractivity contribution >= 4 is 28.2 Å². The van der Waals surface area contributed by atoms with Gasteiger partial charge >= 0.3 is 5.97 Å². The zero-order valence-electron chi connectivity index (χ0n) is 18.7. The summed E-state index contributed by atoms with van der Waals surface area (Å²) in [6.07, 6.45) is 3.70. The third-order valence-electron chi connectivity index (χ3n) is 6.76. The van der Waals surface area contributed by atoms with Crippen molar-refractivity contribution in [3.8, 4) is 10.4 Å². The Balaban J connectivity index is 1.74. The molecule has 0 radical (unpaired) electrons. The molecule has 5 nitrogen and oxygen atoms in total. The summed E-state index contributed by atoms with van der Waals surface area (Å²) in [5.41, 5.74) is -0.584. The highest BCUT2D eigenvalue weighted by atomic mass is 32.1. The van der Waals surface area contributed by atoms with Crippen molar-refractivity contribution in [2.45, 2.75) is 58.6 Å². The molecule has 1 unspecified atom stereocenters. The Bertz CT molecular complexity index is 1350. The molecule has 3 aromatic rings. The number of halogens is 2. The molecule has 2 aromatic heterocycles. The summed E-state index contributed by atoms with van der Waals surface area (Å²) in [4.78, 5) is 26.4. The van der Waals surface area contributed by atoms with Gasteiger partial charge in [-0.25, -0.2) is 13.6 Å². The lowest BCUT2D eigenvalue weighted by Gasteiger charge is -2.34. The predicted octanol–water partition coefficient (Wildman–Crippen LogP) is 5.53. The number of carbonyl (C=O) groups is 1. The van der Waals surface area contributed by atoms with Crippen LogP contribution in [0.5, 0.6) is 0 Å². The molecule has 33 heavy (non-hydrogen) atoms. The number of rotatable bonds is 4. The van der Waals surface area contributed by atoms with Gasteiger partial charge in [0.05, 0.1) is 29.2 Å². The number of nitrogens with zero attached hydrogens (tertiary/aromatic N) is 1. The summed E-state index contributed by atoms with van der Waals surface area (Å²) < 4.78 is 37.9. The Hall–Kier alpha value is -2.58. The van der Waals surface area contributed by atoms with E-state index in [1.54, 1.807) is 17.6 Å². The highest BCUT2D eigenvalue weighted by molar-refractivity contribution is 7.15. The fourth-order valence-corrected chi connectivity index (χ4v) is 6.05. The van der Waals surface area contributed by atoms with Crippen molar-refractivity contribution in [2.24, 2.45) is 5.41 Å². The van der Waals surface area contributed by atoms with Gasteiger partial charge in [-0.3, -0.25) is 4.79 Å². The molecule has 0 amide bonds. The standard InChI is InChI=1S/C25H25F2NO4S/c1-4-32-24(31)15-11-28(13-5-6-13)20-14(21(15)29)10-16(26)18(19(20)27)17-9-12-7-8-25(2,3)23(30)22(12)33-17/h9-11,13,23,30H,4-8H2,1-3H3. The van der Waals surface area contributed by atoms with Crippen LogP contribution in [0.1, 0.15) is 73.0 Å². The van der Waals surface area contributed by atoms with Gasteiger partial charge in [0, 0.05) is 22.0 Å². The topological polar surface area (TPSA) is 68.5 Å². The number of carbonyl (C=O) groups excluding carboxylic acids is 1. The molecule has 0 spiro atoms. The molecule has 1 saturated carbocycles. The molecular formula is C25H25F2NO4S. The average Bonchev–Trinajstić information content (AvgIpc) is 3.51. The normalized spacial score (nSPS) is 19.5. The molecule has 0 saturated heterocycles. The van der Waals surface area contributed by atoms with Crippen molar-refractivity contribution in [3.63, 3.8) is 0 Å². The molecule has 5 rings (SSSR count). The van der Waals surface area contributed by atoms with E-state index < -0.39 is 29.1 Å². The second kappa shape index (κ2) is 7.74. The Morgan fingerprint density at radius 2 is 2.03 bits per heavy atom. The molecule has 0 aliphatic heterocycles. The van der Waals surface area contributed by atoms with Crippen molar-refractivity contribution in [1.29, 1.82) is 0 Å². The van der Waals surface area contributed by atoms with Gasteiger partial charge in [-0.05, 0) is 55.7 Å². The van der Waals surface area contributed by atoms with Crippen LogP contribution in [-0.2, 0) is 11.2 Å². The summed E-state index contributed by atoms with van der Waals surface area (Å²) in [5, 5.41) is 10.6. The van der Waals surface area contributed by atoms with Gasteiger partial charge in [-0.1, -0.05) is 13.8 Å². The fourth-order valence-electron chi connectivity index (χ4n) is 4.60. The number of hydrogen-bond donors (Lipinski definition) is 1. The van der Waals surface area contributed by atoms with Gasteiger partial charge < -0.3 is 14.4 Å². The van der Waals surface area contributed by atoms with Crippen LogP contribution in [0, 0.1) is 17.0 Å². The Kier molecular flexibility index (Phi) is 5.21. The fraction of sp³-hybridized carbons (Fsp3) is 0.440. The molecule has 1 fully saturated rings. The highest BCUT2D eigenvalue weighted by Crippen LogP contribution is 2.49. The lowest BCUT2D eigenvalue weighted by Crippen LogP contribution is -2.26. The van der Waals surface area contributed by atoms with Gasteiger partial charge in [-0.15, -0.1) is 11.3 Å². The zero-order valence-corrected chi connectivity index (χ0v) is 19.5. The summed E-state index contributed by atoms with van der Waals surface area (Å²) in [5.74, 6) is -2.49. The van der Waals surface area contributed by atoms with Gasteiger partial charge in [0.15, 0.2) is 5.82 Å². The SMILES string of the molecule is CCOC(=O)c1cn(C2CC2)c2c(F)c(-c3cc4c(s3)C(O)C(C)(C)CC4)c(F)cc2c1=O. The van der Waals surface area contributed by atoms with E-state index in [1.165, 1.54) is 17.5 Å². The van der Waals surface area contributed by atoms with Crippen LogP contribution in [0.4, 0.5) is 8.78 Å². The molecule has 1 N–H and O–H groups in total. The van der Waals surface area contributed by atoms with E-state index in [4.69, 9.17) is 4.74 Å². The number of aromatic nitrogens is 1. The van der Waals surface area contributed by atoms with Crippen LogP contribution in [0.3, 0.4) is 0 Å². The van der Waals surface area contributed by atoms with Gasteiger partial charge in [-0.2, -0.15) is 0 Å². The highest BCUT2D eigenvalue weighted by Gasteiger charge is 2.37. The van der Waals surface area contributed by atoms with E-state index in [2.05, 4.69) is 0 Å². The van der Waals surface area contributed by atoms with E-state index in [1.807, 2.05) is 13.8 Å². The van der Waals surface area contributed by atoms with Crippen LogP contribution in [0.15, 0.2) is 23.1 Å². The van der Waals surface area contributed by atoms with Crippen molar-refractivity contribution in [3.05, 3.63) is 56.2 Å². The van der Waals surface area contributed by atoms with Gasteiger partial charge in [0.25, 0.3) is 0 Å². The maximum absolute atomic E-state index is 16.0. The van der Waals surface area contributed by atoms with E-state index in [9.17, 15) is 14.7 Å². The number of hydrogen-bond acceptors (Lipinski definition) is 5. The third-order valence-corrected chi connectivity index (χ3v) is 8.01. The zero-order chi connectivity index (χ0) is 23.7. The lowest BCUT2D eigenvalue weighted by atomic mass is 9.75. The molecule has 1 aromatic carbocycles. The van der Waals surface area contributed by atoms with Crippen LogP contribution >= 0.6 is 11.3 Å². The minimum atomic E-state index is -0.868. The summed E-state index contributed by atoms with van der Waals surface area (Å²) in [7, 11) is 0. The molecule has 174 valence electrons. The summed E-state index contributed by atoms with van der Waals surface area (Å²) in [6, 6.07) is 2.71. The number of esters is 1. The molecular weight excluding hydrogens is 448 g/mol. The Labute approximate surface area is 193 Å². The monoisotopic (exact) mass is 473 g/mol. The number of benzene rings is 1. The number of ether oxygens (including phenoxy) is 1. The van der Waals surface area contributed by atoms with Gasteiger partial charge in [0.2, 0.25) is 5.43 Å². The first-order valence-electron chi connectivity index (χ1n) is 11.2. The number of aryl methyl sites for hydroxylation is 1. The molecule has 2 aliphatic carbocycles. The second-order valence-corrected chi connectivity index (χ2v) is 10.6. The van der Waals surface area contributed by atoms with Crippen LogP contribution in [0.25, 0.3) is 21.3 Å². The summed E-state index contributed by atoms with van der Waals surface area (Å²) in [6.45, 7) is 5.68. The van der Waals surface area contributed by atoms with Crippen molar-refractivity contribution in [1.82, 2.24) is 4.57 Å². The average molecular weight is 474 g/mol. The quantitative estimate of drug-likeness (QED) is 0.506. The Morgan fingerprint density at radius 1 is 1.30 bits per heavy atom. The van der Waals surface area contributed by atoms with E-state index >= 15 is 8.78 Å². The first-order valence-corrected chi connectivity index (χ1v) is 12.0. The summed E-state index contributed by atoms with van der Waals surface area (Å²) >= 11 is 1.19. The van der Waals surface area contributed by atoms with Crippen molar-refractivity contribution < 1.29 is 23.4 Å².